The summed E-state index contributed by atoms with van der Waals surface area (Å²) in [4.78, 5) is 26.8. The van der Waals surface area contributed by atoms with Crippen molar-refractivity contribution in [2.45, 2.75) is 51.2 Å². The van der Waals surface area contributed by atoms with Crippen LogP contribution in [0, 0.1) is 0 Å². The molecule has 0 saturated carbocycles. The van der Waals surface area contributed by atoms with Gasteiger partial charge in [-0.15, -0.1) is 0 Å². The summed E-state index contributed by atoms with van der Waals surface area (Å²) in [6.45, 7) is 5.94. The van der Waals surface area contributed by atoms with Crippen LogP contribution in [0.25, 0.3) is 22.3 Å². The minimum Gasteiger partial charge on any atom is -0.481 e. The van der Waals surface area contributed by atoms with Gasteiger partial charge >= 0.3 is 0 Å². The van der Waals surface area contributed by atoms with Crippen molar-refractivity contribution in [3.8, 4) is 17.0 Å². The third-order valence-corrected chi connectivity index (χ3v) is 6.94. The number of para-hydroxylation sites is 2. The fourth-order valence-corrected chi connectivity index (χ4v) is 5.05. The van der Waals surface area contributed by atoms with E-state index in [9.17, 15) is 4.79 Å². The van der Waals surface area contributed by atoms with E-state index in [0.29, 0.717) is 11.8 Å². The number of hydrogen-bond acceptors (Lipinski definition) is 5. The van der Waals surface area contributed by atoms with Crippen molar-refractivity contribution >= 4 is 16.9 Å². The van der Waals surface area contributed by atoms with Gasteiger partial charge in [0.25, 0.3) is 5.91 Å². The number of piperidine rings is 2. The van der Waals surface area contributed by atoms with Gasteiger partial charge in [-0.3, -0.25) is 9.78 Å². The Labute approximate surface area is 195 Å². The number of nitrogens with zero attached hydrogens (tertiary/aromatic N) is 4. The number of aromatic nitrogens is 2. The van der Waals surface area contributed by atoms with E-state index in [4.69, 9.17) is 9.72 Å². The van der Waals surface area contributed by atoms with Crippen LogP contribution < -0.4 is 4.74 Å². The van der Waals surface area contributed by atoms with Gasteiger partial charge in [0.05, 0.1) is 22.9 Å². The van der Waals surface area contributed by atoms with Gasteiger partial charge in [-0.25, -0.2) is 4.98 Å². The highest BCUT2D eigenvalue weighted by Gasteiger charge is 2.30. The number of hydrogen-bond donors (Lipinski definition) is 0. The van der Waals surface area contributed by atoms with Crippen molar-refractivity contribution in [2.75, 3.05) is 26.2 Å². The average Bonchev–Trinajstić information content (AvgIpc) is 2.89. The second kappa shape index (κ2) is 9.87. The molecule has 1 aromatic heterocycles. The molecule has 3 heterocycles. The van der Waals surface area contributed by atoms with E-state index in [1.165, 1.54) is 32.4 Å². The molecule has 172 valence electrons. The Morgan fingerprint density at radius 1 is 0.939 bits per heavy atom. The van der Waals surface area contributed by atoms with Crippen LogP contribution in [0.4, 0.5) is 0 Å². The number of benzene rings is 2. The van der Waals surface area contributed by atoms with Crippen molar-refractivity contribution < 1.29 is 9.53 Å². The number of ether oxygens (including phenoxy) is 1. The highest BCUT2D eigenvalue weighted by molar-refractivity contribution is 5.81. The third kappa shape index (κ3) is 5.01. The molecule has 2 aliphatic rings. The third-order valence-electron chi connectivity index (χ3n) is 6.94. The average molecular weight is 445 g/mol. The number of carbonyl (C=O) groups is 1. The molecule has 0 spiro atoms. The summed E-state index contributed by atoms with van der Waals surface area (Å²) in [7, 11) is 0. The van der Waals surface area contributed by atoms with Crippen LogP contribution in [0.5, 0.6) is 5.75 Å². The zero-order valence-electron chi connectivity index (χ0n) is 19.3. The lowest BCUT2D eigenvalue weighted by Gasteiger charge is -2.40. The Balaban J connectivity index is 1.16. The van der Waals surface area contributed by atoms with Crippen LogP contribution in [0.1, 0.15) is 39.0 Å². The van der Waals surface area contributed by atoms with Gasteiger partial charge in [-0.05, 0) is 82.1 Å². The zero-order valence-corrected chi connectivity index (χ0v) is 19.3. The molecule has 1 unspecified atom stereocenters. The second-order valence-electron chi connectivity index (χ2n) is 9.18. The van der Waals surface area contributed by atoms with Gasteiger partial charge in [-0.2, -0.15) is 0 Å². The molecule has 1 amide bonds. The number of amides is 1. The molecule has 3 aromatic rings. The first-order valence-corrected chi connectivity index (χ1v) is 12.2. The molecule has 5 rings (SSSR count). The van der Waals surface area contributed by atoms with Crippen molar-refractivity contribution in [3.05, 3.63) is 54.7 Å². The minimum atomic E-state index is -0.497. The summed E-state index contributed by atoms with van der Waals surface area (Å²) < 4.78 is 6.00. The molecule has 2 aliphatic heterocycles. The maximum absolute atomic E-state index is 13.0. The molecule has 0 bridgehead atoms. The van der Waals surface area contributed by atoms with Crippen LogP contribution in [0.2, 0.25) is 0 Å². The first kappa shape index (κ1) is 21.8. The SMILES string of the molecule is CC(Oc1ccc(-c2cnc3ccccc3n2)cc1)C(=O)N1CCC(N2CCCCC2)CC1. The summed E-state index contributed by atoms with van der Waals surface area (Å²) in [6, 6.07) is 16.2. The first-order chi connectivity index (χ1) is 16.2. The summed E-state index contributed by atoms with van der Waals surface area (Å²) in [5.41, 5.74) is 3.55. The van der Waals surface area contributed by atoms with E-state index in [1.807, 2.05) is 60.4 Å². The molecule has 6 nitrogen and oxygen atoms in total. The Bertz CT molecular complexity index is 1090. The Kier molecular flexibility index (Phi) is 6.53. The van der Waals surface area contributed by atoms with E-state index >= 15 is 0 Å². The Morgan fingerprint density at radius 3 is 2.36 bits per heavy atom. The normalized spacial score (nSPS) is 18.9. The molecular weight excluding hydrogens is 412 g/mol. The van der Waals surface area contributed by atoms with Crippen molar-refractivity contribution in [1.82, 2.24) is 19.8 Å². The molecule has 0 N–H and O–H groups in total. The number of likely N-dealkylation sites (tertiary alicyclic amines) is 2. The molecule has 0 aliphatic carbocycles. The highest BCUT2D eigenvalue weighted by Crippen LogP contribution is 2.24. The fraction of sp³-hybridized carbons (Fsp3) is 0.444. The van der Waals surface area contributed by atoms with E-state index in [-0.39, 0.29) is 5.91 Å². The van der Waals surface area contributed by atoms with E-state index in [2.05, 4.69) is 9.88 Å². The van der Waals surface area contributed by atoms with Crippen LogP contribution >= 0.6 is 0 Å². The second-order valence-corrected chi connectivity index (χ2v) is 9.18. The predicted molar refractivity (Wildman–Crippen MR) is 130 cm³/mol. The van der Waals surface area contributed by atoms with Crippen molar-refractivity contribution in [2.24, 2.45) is 0 Å². The molecule has 1 atom stereocenters. The molecule has 33 heavy (non-hydrogen) atoms. The Morgan fingerprint density at radius 2 is 1.64 bits per heavy atom. The minimum absolute atomic E-state index is 0.0802. The summed E-state index contributed by atoms with van der Waals surface area (Å²) in [5, 5.41) is 0. The summed E-state index contributed by atoms with van der Waals surface area (Å²) >= 11 is 0. The number of rotatable bonds is 5. The van der Waals surface area contributed by atoms with Gasteiger partial charge in [0.15, 0.2) is 6.10 Å². The van der Waals surface area contributed by atoms with Gasteiger partial charge in [0.2, 0.25) is 0 Å². The lowest BCUT2D eigenvalue weighted by Crippen LogP contribution is -2.50. The van der Waals surface area contributed by atoms with Crippen LogP contribution in [0.3, 0.4) is 0 Å². The maximum Gasteiger partial charge on any atom is 0.263 e. The predicted octanol–water partition coefficient (Wildman–Crippen LogP) is 4.54. The molecule has 0 radical (unpaired) electrons. The van der Waals surface area contributed by atoms with Gasteiger partial charge in [0.1, 0.15) is 5.75 Å². The topological polar surface area (TPSA) is 58.6 Å². The Hall–Kier alpha value is -2.99. The monoisotopic (exact) mass is 444 g/mol. The summed E-state index contributed by atoms with van der Waals surface area (Å²) in [5.74, 6) is 0.771. The number of fused-ring (bicyclic) bond motifs is 1. The molecule has 2 fully saturated rings. The van der Waals surface area contributed by atoms with Gasteiger partial charge in [0, 0.05) is 24.7 Å². The summed E-state index contributed by atoms with van der Waals surface area (Å²) in [6.07, 6.45) is 7.42. The van der Waals surface area contributed by atoms with Crippen molar-refractivity contribution in [3.63, 3.8) is 0 Å². The van der Waals surface area contributed by atoms with E-state index < -0.39 is 6.10 Å². The highest BCUT2D eigenvalue weighted by atomic mass is 16.5. The zero-order chi connectivity index (χ0) is 22.6. The molecule has 2 aromatic carbocycles. The van der Waals surface area contributed by atoms with Gasteiger partial charge in [-0.1, -0.05) is 18.6 Å². The lowest BCUT2D eigenvalue weighted by atomic mass is 9.99. The fourth-order valence-electron chi connectivity index (χ4n) is 5.05. The largest absolute Gasteiger partial charge is 0.481 e. The van der Waals surface area contributed by atoms with Crippen LogP contribution in [-0.4, -0.2) is 64.0 Å². The lowest BCUT2D eigenvalue weighted by molar-refractivity contribution is -0.139. The quantitative estimate of drug-likeness (QED) is 0.578. The number of carbonyl (C=O) groups excluding carboxylic acids is 1. The first-order valence-electron chi connectivity index (χ1n) is 12.2. The maximum atomic E-state index is 13.0. The van der Waals surface area contributed by atoms with Crippen LogP contribution in [-0.2, 0) is 4.79 Å². The van der Waals surface area contributed by atoms with Crippen molar-refractivity contribution in [1.29, 1.82) is 0 Å². The molecule has 2 saturated heterocycles. The van der Waals surface area contributed by atoms with E-state index in [1.54, 1.807) is 6.20 Å². The van der Waals surface area contributed by atoms with Gasteiger partial charge < -0.3 is 14.5 Å². The smallest absolute Gasteiger partial charge is 0.263 e. The molecule has 6 heteroatoms. The van der Waals surface area contributed by atoms with Crippen LogP contribution in [0.15, 0.2) is 54.7 Å². The van der Waals surface area contributed by atoms with E-state index in [0.717, 1.165) is 48.2 Å². The molecular formula is C27H32N4O2. The standard InChI is InChI=1S/C27H32N4O2/c1-20(27(32)31-17-13-22(14-18-31)30-15-5-2-6-16-30)33-23-11-9-21(10-12-23)26-19-28-24-7-3-4-8-25(24)29-26/h3-4,7-12,19-20,22H,2,5-6,13-18H2,1H3.